The highest BCUT2D eigenvalue weighted by molar-refractivity contribution is 6.39. The van der Waals surface area contributed by atoms with Crippen molar-refractivity contribution in [1.29, 1.82) is 5.26 Å². The number of nitrogens with zero attached hydrogens (tertiary/aromatic N) is 4. The van der Waals surface area contributed by atoms with E-state index >= 15 is 0 Å². The molecule has 2 aromatic carbocycles. The molecule has 1 aliphatic rings. The van der Waals surface area contributed by atoms with Crippen molar-refractivity contribution in [2.45, 2.75) is 37.2 Å². The molecule has 0 aliphatic carbocycles. The van der Waals surface area contributed by atoms with Gasteiger partial charge in [-0.2, -0.15) is 10.4 Å². The van der Waals surface area contributed by atoms with Crippen LogP contribution in [-0.2, 0) is 4.79 Å². The highest BCUT2D eigenvalue weighted by atomic mass is 35.5. The molecule has 0 radical (unpaired) electrons. The van der Waals surface area contributed by atoms with Crippen LogP contribution in [-0.4, -0.2) is 85.1 Å². The second kappa shape index (κ2) is 13.2. The Labute approximate surface area is 244 Å². The Morgan fingerprint density at radius 2 is 1.90 bits per heavy atom. The van der Waals surface area contributed by atoms with Crippen LogP contribution in [0.25, 0.3) is 10.9 Å². The summed E-state index contributed by atoms with van der Waals surface area (Å²) in [6.07, 6.45) is 0.836. The maximum Gasteiger partial charge on any atom is 0.328 e. The lowest BCUT2D eigenvalue weighted by Gasteiger charge is -2.23. The molecule has 0 bridgehead atoms. The summed E-state index contributed by atoms with van der Waals surface area (Å²) in [4.78, 5) is 30.1. The van der Waals surface area contributed by atoms with Gasteiger partial charge in [-0.05, 0) is 35.7 Å². The number of H-pyrrole nitrogens is 1. The Morgan fingerprint density at radius 3 is 2.54 bits per heavy atom. The molecule has 1 saturated heterocycles. The number of nitrogens with one attached hydrogen (secondary N) is 3. The second-order valence-corrected chi connectivity index (χ2v) is 10.3. The van der Waals surface area contributed by atoms with Gasteiger partial charge < -0.3 is 36.0 Å². The van der Waals surface area contributed by atoms with Gasteiger partial charge in [0.15, 0.2) is 0 Å². The summed E-state index contributed by atoms with van der Waals surface area (Å²) < 4.78 is 0. The maximum atomic E-state index is 13.0. The van der Waals surface area contributed by atoms with E-state index in [-0.39, 0.29) is 46.6 Å². The van der Waals surface area contributed by atoms with Crippen LogP contribution in [0.3, 0.4) is 0 Å². The predicted molar refractivity (Wildman–Crippen MR) is 149 cm³/mol. The molecule has 7 N–H and O–H groups in total. The molecule has 0 spiro atoms. The Morgan fingerprint density at radius 1 is 1.20 bits per heavy atom. The largest absolute Gasteiger partial charge is 0.480 e. The number of rotatable bonds is 9. The van der Waals surface area contributed by atoms with Gasteiger partial charge in [0.25, 0.3) is 5.91 Å². The number of aliphatic hydroxyl groups excluding tert-OH is 3. The topological polar surface area (TPSA) is 207 Å². The van der Waals surface area contributed by atoms with E-state index in [2.05, 4.69) is 25.8 Å². The molecule has 41 heavy (non-hydrogen) atoms. The van der Waals surface area contributed by atoms with E-state index < -0.39 is 36.2 Å². The zero-order valence-corrected chi connectivity index (χ0v) is 23.0. The van der Waals surface area contributed by atoms with E-state index in [1.807, 2.05) is 0 Å². The Bertz CT molecular complexity index is 1480. The number of aromatic nitrogens is 2. The maximum absolute atomic E-state index is 13.0. The summed E-state index contributed by atoms with van der Waals surface area (Å²) in [5, 5.41) is 62.2. The van der Waals surface area contributed by atoms with Crippen molar-refractivity contribution in [2.24, 2.45) is 4.99 Å². The van der Waals surface area contributed by atoms with Gasteiger partial charge in [0.05, 0.1) is 45.6 Å². The standard InChI is InChI=1S/C26H27Cl2N7O6/c27-17-5-15(22(38)8-21(37)13-1-2-14-9-32-34-19(14)7-13)6-18(28)23(17)24(39)33-20(25(40)41)10-30-26(31-12-29)35-4-3-16(36)11-35/h1-2,5-7,9,16,20-22,36-38H,3-4,8,10-11H2,(H,30,31)(H,32,34)(H,33,39)(H,40,41)/t16-,20-,21?,22?/m0/s1. The monoisotopic (exact) mass is 603 g/mol. The third kappa shape index (κ3) is 7.24. The van der Waals surface area contributed by atoms with Crippen LogP contribution >= 0.6 is 23.2 Å². The first kappa shape index (κ1) is 30.0. The molecule has 4 rings (SSSR count). The molecule has 13 nitrogen and oxygen atoms in total. The fraction of sp³-hybridized carbons (Fsp3) is 0.346. The number of carboxylic acid groups (broad SMARTS) is 1. The van der Waals surface area contributed by atoms with Gasteiger partial charge in [-0.25, -0.2) is 4.79 Å². The first-order valence-electron chi connectivity index (χ1n) is 12.5. The van der Waals surface area contributed by atoms with E-state index in [4.69, 9.17) is 28.5 Å². The number of likely N-dealkylation sites (tertiary alicyclic amines) is 1. The number of nitriles is 1. The number of halogens is 2. The molecule has 1 aromatic heterocycles. The Balaban J connectivity index is 1.42. The number of carboxylic acids is 1. The molecule has 3 aromatic rings. The lowest BCUT2D eigenvalue weighted by molar-refractivity contribution is -0.139. The molecule has 15 heteroatoms. The average Bonchev–Trinajstić information content (AvgIpc) is 3.57. The van der Waals surface area contributed by atoms with Crippen LogP contribution in [0.15, 0.2) is 41.5 Å². The highest BCUT2D eigenvalue weighted by Gasteiger charge is 2.28. The van der Waals surface area contributed by atoms with Crippen LogP contribution in [0, 0.1) is 11.5 Å². The van der Waals surface area contributed by atoms with Gasteiger partial charge in [-0.1, -0.05) is 35.3 Å². The number of fused-ring (bicyclic) bond motifs is 1. The van der Waals surface area contributed by atoms with Crippen LogP contribution in [0.4, 0.5) is 0 Å². The van der Waals surface area contributed by atoms with Gasteiger partial charge in [0.2, 0.25) is 12.2 Å². The van der Waals surface area contributed by atoms with E-state index in [0.717, 1.165) is 10.9 Å². The van der Waals surface area contributed by atoms with Crippen molar-refractivity contribution in [3.8, 4) is 6.19 Å². The van der Waals surface area contributed by atoms with Crippen LogP contribution in [0.2, 0.25) is 10.0 Å². The van der Waals surface area contributed by atoms with Crippen LogP contribution in [0.1, 0.15) is 46.5 Å². The van der Waals surface area contributed by atoms with Crippen LogP contribution in [0.5, 0.6) is 0 Å². The van der Waals surface area contributed by atoms with Gasteiger partial charge in [0.1, 0.15) is 6.04 Å². The molecule has 0 saturated carbocycles. The number of β-amino-alcohol motifs (C(OH)–C–C–N with tert-alkyl or cyclic N) is 1. The Kier molecular flexibility index (Phi) is 9.64. The van der Waals surface area contributed by atoms with Gasteiger partial charge in [0, 0.05) is 31.4 Å². The molecule has 216 valence electrons. The summed E-state index contributed by atoms with van der Waals surface area (Å²) in [7, 11) is 0. The summed E-state index contributed by atoms with van der Waals surface area (Å²) in [5.74, 6) is -2.17. The van der Waals surface area contributed by atoms with E-state index in [1.54, 1.807) is 35.5 Å². The molecule has 2 unspecified atom stereocenters. The van der Waals surface area contributed by atoms with Crippen molar-refractivity contribution in [3.63, 3.8) is 0 Å². The fourth-order valence-electron chi connectivity index (χ4n) is 4.48. The zero-order valence-electron chi connectivity index (χ0n) is 21.5. The van der Waals surface area contributed by atoms with E-state index in [9.17, 15) is 30.0 Å². The highest BCUT2D eigenvalue weighted by Crippen LogP contribution is 2.33. The molecule has 1 amide bonds. The number of hydrogen-bond acceptors (Lipinski definition) is 8. The molecular weight excluding hydrogens is 577 g/mol. The lowest BCUT2D eigenvalue weighted by Crippen LogP contribution is -2.51. The molecule has 1 aliphatic heterocycles. The first-order valence-corrected chi connectivity index (χ1v) is 13.3. The third-order valence-corrected chi connectivity index (χ3v) is 7.26. The summed E-state index contributed by atoms with van der Waals surface area (Å²) in [6, 6.07) is 6.42. The average molecular weight is 604 g/mol. The summed E-state index contributed by atoms with van der Waals surface area (Å²) >= 11 is 12.7. The van der Waals surface area contributed by atoms with Crippen molar-refractivity contribution in [2.75, 3.05) is 19.6 Å². The number of amides is 1. The van der Waals surface area contributed by atoms with E-state index in [0.29, 0.717) is 18.5 Å². The van der Waals surface area contributed by atoms with Crippen molar-refractivity contribution in [3.05, 3.63) is 63.3 Å². The van der Waals surface area contributed by atoms with Crippen molar-refractivity contribution in [1.82, 2.24) is 25.7 Å². The van der Waals surface area contributed by atoms with Crippen molar-refractivity contribution >= 4 is 51.9 Å². The number of aliphatic carboxylic acids is 1. The number of benzene rings is 2. The number of carbonyl (C=O) groups is 2. The second-order valence-electron chi connectivity index (χ2n) is 9.51. The first-order chi connectivity index (χ1) is 19.6. The third-order valence-electron chi connectivity index (χ3n) is 6.66. The number of aliphatic hydroxyl groups is 3. The van der Waals surface area contributed by atoms with Gasteiger partial charge >= 0.3 is 5.97 Å². The number of carbonyl (C=O) groups excluding carboxylic acids is 1. The quantitative estimate of drug-likeness (QED) is 0.107. The number of hydrogen-bond donors (Lipinski definition) is 7. The molecule has 2 heterocycles. The number of aliphatic imine (C=N–C) groups is 1. The number of aromatic amines is 1. The minimum Gasteiger partial charge on any atom is -0.480 e. The minimum absolute atomic E-state index is 0.0747. The van der Waals surface area contributed by atoms with Crippen LogP contribution < -0.4 is 10.6 Å². The lowest BCUT2D eigenvalue weighted by atomic mass is 9.97. The summed E-state index contributed by atoms with van der Waals surface area (Å²) in [6.45, 7) is 0.304. The normalized spacial score (nSPS) is 17.6. The minimum atomic E-state index is -1.46. The number of guanidine groups is 1. The molecule has 4 atom stereocenters. The fourth-order valence-corrected chi connectivity index (χ4v) is 5.15. The smallest absolute Gasteiger partial charge is 0.328 e. The SMILES string of the molecule is N#C/N=C(\NC[C@H](NC(=O)c1c(Cl)cc(C(O)CC(O)c2ccc3cn[nH]c3c2)cc1Cl)C(=O)O)N1CC[C@H](O)C1. The predicted octanol–water partition coefficient (Wildman–Crippen LogP) is 1.70. The van der Waals surface area contributed by atoms with E-state index in [1.165, 1.54) is 12.1 Å². The Hall–Kier alpha value is -3.93. The van der Waals surface area contributed by atoms with Gasteiger partial charge in [-0.15, -0.1) is 4.99 Å². The summed E-state index contributed by atoms with van der Waals surface area (Å²) in [5.41, 5.74) is 1.34. The van der Waals surface area contributed by atoms with Crippen molar-refractivity contribution < 1.29 is 30.0 Å². The van der Waals surface area contributed by atoms with Gasteiger partial charge in [-0.3, -0.25) is 9.89 Å². The molecular formula is C26H27Cl2N7O6. The zero-order chi connectivity index (χ0) is 29.7. The molecule has 1 fully saturated rings.